The van der Waals surface area contributed by atoms with Gasteiger partial charge < -0.3 is 10.0 Å². The van der Waals surface area contributed by atoms with Crippen molar-refractivity contribution in [1.29, 1.82) is 5.26 Å². The van der Waals surface area contributed by atoms with Crippen molar-refractivity contribution in [1.82, 2.24) is 4.90 Å². The molecular weight excluding hydrogens is 238 g/mol. The molecule has 0 bridgehead atoms. The molecule has 0 radical (unpaired) electrons. The van der Waals surface area contributed by atoms with Gasteiger partial charge in [0.15, 0.2) is 0 Å². The Kier molecular flexibility index (Phi) is 4.41. The van der Waals surface area contributed by atoms with E-state index in [-0.39, 0.29) is 12.6 Å². The van der Waals surface area contributed by atoms with E-state index < -0.39 is 0 Å². The van der Waals surface area contributed by atoms with E-state index in [2.05, 4.69) is 22.8 Å². The molecule has 1 heterocycles. The molecule has 0 aliphatic carbocycles. The van der Waals surface area contributed by atoms with Crippen molar-refractivity contribution < 1.29 is 5.11 Å². The van der Waals surface area contributed by atoms with E-state index in [4.69, 9.17) is 0 Å². The second-order valence-corrected chi connectivity index (χ2v) is 5.24. The van der Waals surface area contributed by atoms with Crippen molar-refractivity contribution in [2.24, 2.45) is 0 Å². The van der Waals surface area contributed by atoms with E-state index in [0.717, 1.165) is 25.2 Å². The number of hydrogen-bond donors (Lipinski definition) is 1. The predicted molar refractivity (Wildman–Crippen MR) is 76.1 cm³/mol. The fourth-order valence-corrected chi connectivity index (χ4v) is 2.63. The molecule has 2 atom stereocenters. The van der Waals surface area contributed by atoms with Gasteiger partial charge in [0, 0.05) is 25.2 Å². The molecule has 1 aromatic carbocycles. The zero-order valence-corrected chi connectivity index (χ0v) is 11.6. The fourth-order valence-electron chi connectivity index (χ4n) is 2.63. The summed E-state index contributed by atoms with van der Waals surface area (Å²) in [5.74, 6) is 0. The summed E-state index contributed by atoms with van der Waals surface area (Å²) in [5, 5.41) is 18.8. The van der Waals surface area contributed by atoms with Crippen LogP contribution in [0.3, 0.4) is 0 Å². The molecule has 4 heteroatoms. The highest BCUT2D eigenvalue weighted by atomic mass is 16.3. The minimum Gasteiger partial charge on any atom is -0.395 e. The zero-order chi connectivity index (χ0) is 13.8. The van der Waals surface area contributed by atoms with Crippen molar-refractivity contribution in [2.45, 2.75) is 25.4 Å². The van der Waals surface area contributed by atoms with Gasteiger partial charge in [0.1, 0.15) is 6.07 Å². The maximum Gasteiger partial charge on any atom is 0.101 e. The van der Waals surface area contributed by atoms with Crippen LogP contribution in [-0.2, 0) is 0 Å². The molecule has 1 saturated heterocycles. The highest BCUT2D eigenvalue weighted by Crippen LogP contribution is 2.25. The molecule has 102 valence electrons. The third-order valence-electron chi connectivity index (χ3n) is 4.01. The van der Waals surface area contributed by atoms with Crippen molar-refractivity contribution in [3.8, 4) is 6.07 Å². The van der Waals surface area contributed by atoms with E-state index in [1.54, 1.807) is 0 Å². The van der Waals surface area contributed by atoms with E-state index >= 15 is 0 Å². The Morgan fingerprint density at radius 2 is 2.16 bits per heavy atom. The van der Waals surface area contributed by atoms with Crippen LogP contribution in [0.2, 0.25) is 0 Å². The van der Waals surface area contributed by atoms with Crippen LogP contribution in [0.15, 0.2) is 24.3 Å². The van der Waals surface area contributed by atoms with Gasteiger partial charge in [-0.05, 0) is 32.5 Å². The van der Waals surface area contributed by atoms with Crippen molar-refractivity contribution in [2.75, 3.05) is 31.6 Å². The molecule has 1 aliphatic heterocycles. The molecule has 0 aromatic heterocycles. The summed E-state index contributed by atoms with van der Waals surface area (Å²) in [6.45, 7) is 4.06. The van der Waals surface area contributed by atoms with Gasteiger partial charge in [-0.2, -0.15) is 5.26 Å². The molecule has 0 amide bonds. The number of aliphatic hydroxyl groups excluding tert-OH is 1. The lowest BCUT2D eigenvalue weighted by molar-refractivity contribution is 0.159. The van der Waals surface area contributed by atoms with Crippen LogP contribution in [0.5, 0.6) is 0 Å². The van der Waals surface area contributed by atoms with Crippen molar-refractivity contribution in [3.05, 3.63) is 29.8 Å². The first-order chi connectivity index (χ1) is 9.17. The number of nitriles is 1. The predicted octanol–water partition coefficient (Wildman–Crippen LogP) is 1.45. The average molecular weight is 259 g/mol. The normalized spacial score (nSPS) is 24.8. The van der Waals surface area contributed by atoms with E-state index in [0.29, 0.717) is 11.6 Å². The number of likely N-dealkylation sites (N-methyl/N-ethyl adjacent to an activating group) is 1. The molecule has 4 nitrogen and oxygen atoms in total. The Bertz CT molecular complexity index is 469. The topological polar surface area (TPSA) is 50.5 Å². The second-order valence-electron chi connectivity index (χ2n) is 5.24. The van der Waals surface area contributed by atoms with E-state index in [1.165, 1.54) is 0 Å². The molecule has 1 N–H and O–H groups in total. The van der Waals surface area contributed by atoms with E-state index in [1.807, 2.05) is 31.3 Å². The number of para-hydroxylation sites is 1. The van der Waals surface area contributed by atoms with Crippen LogP contribution in [0, 0.1) is 11.3 Å². The van der Waals surface area contributed by atoms with Gasteiger partial charge in [-0.1, -0.05) is 12.1 Å². The van der Waals surface area contributed by atoms with Crippen LogP contribution in [0.25, 0.3) is 0 Å². The van der Waals surface area contributed by atoms with Crippen LogP contribution >= 0.6 is 0 Å². The SMILES string of the molecule is CC1CCN(C)C(CO)CN1c1ccccc1C#N. The highest BCUT2D eigenvalue weighted by molar-refractivity contribution is 5.60. The maximum atomic E-state index is 9.53. The molecular formula is C15H21N3O. The first-order valence-electron chi connectivity index (χ1n) is 6.74. The standard InChI is InChI=1S/C15H21N3O/c1-12-7-8-17(2)14(11-19)10-18(12)15-6-4-3-5-13(15)9-16/h3-6,12,14,19H,7-8,10-11H2,1-2H3. The van der Waals surface area contributed by atoms with Gasteiger partial charge in [0.05, 0.1) is 17.9 Å². The largest absolute Gasteiger partial charge is 0.395 e. The Hall–Kier alpha value is -1.57. The number of anilines is 1. The van der Waals surface area contributed by atoms with Crippen LogP contribution in [0.4, 0.5) is 5.69 Å². The third kappa shape index (κ3) is 2.89. The quantitative estimate of drug-likeness (QED) is 0.873. The van der Waals surface area contributed by atoms with Gasteiger partial charge in [-0.25, -0.2) is 0 Å². The summed E-state index contributed by atoms with van der Waals surface area (Å²) in [5.41, 5.74) is 1.68. The Morgan fingerprint density at radius 3 is 2.84 bits per heavy atom. The lowest BCUT2D eigenvalue weighted by Gasteiger charge is -2.32. The smallest absolute Gasteiger partial charge is 0.101 e. The summed E-state index contributed by atoms with van der Waals surface area (Å²) in [7, 11) is 2.05. The number of nitrogens with zero attached hydrogens (tertiary/aromatic N) is 3. The Labute approximate surface area is 114 Å². The third-order valence-corrected chi connectivity index (χ3v) is 4.01. The first-order valence-corrected chi connectivity index (χ1v) is 6.74. The lowest BCUT2D eigenvalue weighted by Crippen LogP contribution is -2.43. The molecule has 1 aromatic rings. The summed E-state index contributed by atoms with van der Waals surface area (Å²) < 4.78 is 0. The molecule has 1 aliphatic rings. The van der Waals surface area contributed by atoms with Gasteiger partial charge in [-0.3, -0.25) is 4.90 Å². The van der Waals surface area contributed by atoms with Crippen LogP contribution in [-0.4, -0.2) is 48.8 Å². The summed E-state index contributed by atoms with van der Waals surface area (Å²) >= 11 is 0. The van der Waals surface area contributed by atoms with Crippen LogP contribution < -0.4 is 4.90 Å². The second kappa shape index (κ2) is 6.05. The first kappa shape index (κ1) is 13.9. The fraction of sp³-hybridized carbons (Fsp3) is 0.533. The van der Waals surface area contributed by atoms with E-state index in [9.17, 15) is 10.4 Å². The Morgan fingerprint density at radius 1 is 1.42 bits per heavy atom. The molecule has 2 rings (SSSR count). The summed E-state index contributed by atoms with van der Waals surface area (Å²) in [4.78, 5) is 4.45. The molecule has 19 heavy (non-hydrogen) atoms. The molecule has 2 unspecified atom stereocenters. The summed E-state index contributed by atoms with van der Waals surface area (Å²) in [6.07, 6.45) is 1.03. The van der Waals surface area contributed by atoms with Crippen molar-refractivity contribution >= 4 is 5.69 Å². The van der Waals surface area contributed by atoms with Gasteiger partial charge in [-0.15, -0.1) is 0 Å². The van der Waals surface area contributed by atoms with Gasteiger partial charge in [0.25, 0.3) is 0 Å². The van der Waals surface area contributed by atoms with Crippen molar-refractivity contribution in [3.63, 3.8) is 0 Å². The monoisotopic (exact) mass is 259 g/mol. The maximum absolute atomic E-state index is 9.53. The van der Waals surface area contributed by atoms with Gasteiger partial charge >= 0.3 is 0 Å². The summed E-state index contributed by atoms with van der Waals surface area (Å²) in [6, 6.07) is 10.5. The minimum absolute atomic E-state index is 0.122. The average Bonchev–Trinajstić information content (AvgIpc) is 2.59. The zero-order valence-electron chi connectivity index (χ0n) is 11.6. The number of benzene rings is 1. The lowest BCUT2D eigenvalue weighted by atomic mass is 10.1. The molecule has 0 saturated carbocycles. The highest BCUT2D eigenvalue weighted by Gasteiger charge is 2.27. The molecule has 0 spiro atoms. The van der Waals surface area contributed by atoms with Crippen LogP contribution in [0.1, 0.15) is 18.9 Å². The number of aliphatic hydroxyl groups is 1. The number of rotatable bonds is 2. The van der Waals surface area contributed by atoms with Gasteiger partial charge in [0.2, 0.25) is 0 Å². The minimum atomic E-state index is 0.122. The molecule has 1 fully saturated rings. The number of hydrogen-bond acceptors (Lipinski definition) is 4. The Balaban J connectivity index is 2.33.